The maximum Gasteiger partial charge on any atom is 0.341 e. The van der Waals surface area contributed by atoms with Crippen LogP contribution in [0.25, 0.3) is 11.4 Å². The average Bonchev–Trinajstić information content (AvgIpc) is 2.71. The molecule has 23 heavy (non-hydrogen) atoms. The van der Waals surface area contributed by atoms with Crippen LogP contribution in [0.15, 0.2) is 21.7 Å². The van der Waals surface area contributed by atoms with Crippen LogP contribution in [-0.4, -0.2) is 25.4 Å². The Balaban J connectivity index is 2.37. The number of hydrogen-bond acceptors (Lipinski definition) is 3. The second kappa shape index (κ2) is 5.02. The Morgan fingerprint density at radius 2 is 2.13 bits per heavy atom. The van der Waals surface area contributed by atoms with Crippen molar-refractivity contribution < 1.29 is 14.3 Å². The van der Waals surface area contributed by atoms with E-state index >= 15 is 0 Å². The van der Waals surface area contributed by atoms with Crippen molar-refractivity contribution in [3.05, 3.63) is 38.5 Å². The van der Waals surface area contributed by atoms with Crippen LogP contribution in [0.4, 0.5) is 4.39 Å². The summed E-state index contributed by atoms with van der Waals surface area (Å²) in [6.07, 6.45) is 1.31. The van der Waals surface area contributed by atoms with Crippen molar-refractivity contribution in [1.29, 1.82) is 0 Å². The lowest BCUT2D eigenvalue weighted by Gasteiger charge is -2.38. The third kappa shape index (κ3) is 2.41. The maximum atomic E-state index is 14.4. The Kier molecular flexibility index (Phi) is 3.47. The zero-order valence-corrected chi connectivity index (χ0v) is 14.4. The van der Waals surface area contributed by atoms with Crippen LogP contribution in [0.5, 0.6) is 0 Å². The van der Waals surface area contributed by atoms with Crippen LogP contribution in [-0.2, 0) is 6.54 Å². The monoisotopic (exact) mass is 383 g/mol. The molecule has 0 unspecified atom stereocenters. The van der Waals surface area contributed by atoms with Crippen LogP contribution in [0.2, 0.25) is 0 Å². The molecule has 122 valence electrons. The largest absolute Gasteiger partial charge is 0.477 e. The Morgan fingerprint density at radius 3 is 2.70 bits per heavy atom. The molecule has 2 aromatic heterocycles. The molecule has 3 heterocycles. The first kappa shape index (κ1) is 15.9. The molecule has 1 aliphatic heterocycles. The van der Waals surface area contributed by atoms with Gasteiger partial charge in [0.15, 0.2) is 15.8 Å². The Morgan fingerprint density at radius 1 is 1.48 bits per heavy atom. The minimum absolute atomic E-state index is 0.0726. The SMILES string of the molecule is CC(C)(C)[C@@H]1Cn2nc(Br)c(F)c2-c2cc(=O)c(C(=O)O)cn21. The van der Waals surface area contributed by atoms with E-state index in [-0.39, 0.29) is 27.3 Å². The van der Waals surface area contributed by atoms with E-state index in [1.165, 1.54) is 16.9 Å². The number of fused-ring (bicyclic) bond motifs is 3. The molecule has 8 heteroatoms. The van der Waals surface area contributed by atoms with E-state index in [9.17, 15) is 19.1 Å². The number of halogens is 2. The number of carbonyl (C=O) groups is 1. The zero-order valence-electron chi connectivity index (χ0n) is 12.8. The first-order valence-electron chi connectivity index (χ1n) is 7.03. The van der Waals surface area contributed by atoms with Crippen molar-refractivity contribution >= 4 is 21.9 Å². The Hall–Kier alpha value is -1.96. The van der Waals surface area contributed by atoms with Crippen LogP contribution < -0.4 is 5.43 Å². The van der Waals surface area contributed by atoms with E-state index in [0.29, 0.717) is 12.2 Å². The van der Waals surface area contributed by atoms with Gasteiger partial charge in [-0.05, 0) is 21.3 Å². The smallest absolute Gasteiger partial charge is 0.341 e. The third-order valence-corrected chi connectivity index (χ3v) is 4.60. The molecule has 6 nitrogen and oxygen atoms in total. The summed E-state index contributed by atoms with van der Waals surface area (Å²) in [6.45, 7) is 6.38. The summed E-state index contributed by atoms with van der Waals surface area (Å²) >= 11 is 3.07. The number of rotatable bonds is 1. The highest BCUT2D eigenvalue weighted by molar-refractivity contribution is 9.10. The minimum atomic E-state index is -1.29. The van der Waals surface area contributed by atoms with Gasteiger partial charge in [-0.25, -0.2) is 9.18 Å². The van der Waals surface area contributed by atoms with Crippen molar-refractivity contribution in [1.82, 2.24) is 14.3 Å². The first-order chi connectivity index (χ1) is 10.6. The quantitative estimate of drug-likeness (QED) is 0.820. The van der Waals surface area contributed by atoms with Crippen molar-refractivity contribution in [2.24, 2.45) is 5.41 Å². The number of hydrogen-bond donors (Lipinski definition) is 1. The summed E-state index contributed by atoms with van der Waals surface area (Å²) in [6, 6.07) is 1.000. The lowest BCUT2D eigenvalue weighted by molar-refractivity contribution is 0.0693. The summed E-state index contributed by atoms with van der Waals surface area (Å²) in [5.41, 5.74) is -0.697. The topological polar surface area (TPSA) is 77.1 Å². The maximum absolute atomic E-state index is 14.4. The van der Waals surface area contributed by atoms with E-state index in [1.807, 2.05) is 20.8 Å². The molecule has 0 saturated heterocycles. The van der Waals surface area contributed by atoms with Gasteiger partial charge in [0.25, 0.3) is 0 Å². The van der Waals surface area contributed by atoms with E-state index < -0.39 is 17.2 Å². The highest BCUT2D eigenvalue weighted by Crippen LogP contribution is 2.41. The molecule has 1 N–H and O–H groups in total. The first-order valence-corrected chi connectivity index (χ1v) is 7.82. The third-order valence-electron chi connectivity index (χ3n) is 4.09. The standard InChI is InChI=1S/C15H15BrFN3O3/c1-15(2,3)10-6-20-12(11(17)13(16)18-20)8-4-9(21)7(14(22)23)5-19(8)10/h4-5,10H,6H2,1-3H3,(H,22,23)/t10-/m0/s1. The summed E-state index contributed by atoms with van der Waals surface area (Å²) < 4.78 is 17.6. The molecule has 1 aliphatic rings. The van der Waals surface area contributed by atoms with E-state index in [1.54, 1.807) is 4.57 Å². The number of aromatic carboxylic acids is 1. The number of pyridine rings is 1. The normalized spacial score (nSPS) is 16.8. The van der Waals surface area contributed by atoms with Gasteiger partial charge in [-0.2, -0.15) is 5.10 Å². The minimum Gasteiger partial charge on any atom is -0.477 e. The highest BCUT2D eigenvalue weighted by atomic mass is 79.9. The molecule has 0 aromatic carbocycles. The fraction of sp³-hybridized carbons (Fsp3) is 0.400. The van der Waals surface area contributed by atoms with Gasteiger partial charge < -0.3 is 9.67 Å². The summed E-state index contributed by atoms with van der Waals surface area (Å²) in [5.74, 6) is -1.85. The molecule has 2 aromatic rings. The van der Waals surface area contributed by atoms with Crippen LogP contribution in [0.3, 0.4) is 0 Å². The van der Waals surface area contributed by atoms with Gasteiger partial charge in [-0.15, -0.1) is 0 Å². The fourth-order valence-corrected chi connectivity index (χ4v) is 3.27. The summed E-state index contributed by atoms with van der Waals surface area (Å²) in [7, 11) is 0. The predicted molar refractivity (Wildman–Crippen MR) is 85.0 cm³/mol. The second-order valence-electron chi connectivity index (χ2n) is 6.67. The highest BCUT2D eigenvalue weighted by Gasteiger charge is 2.36. The summed E-state index contributed by atoms with van der Waals surface area (Å²) in [4.78, 5) is 23.3. The molecular weight excluding hydrogens is 369 g/mol. The van der Waals surface area contributed by atoms with Gasteiger partial charge in [0.05, 0.1) is 18.3 Å². The van der Waals surface area contributed by atoms with Crippen molar-refractivity contribution in [2.45, 2.75) is 33.4 Å². The number of aromatic nitrogens is 3. The molecule has 0 bridgehead atoms. The molecule has 0 fully saturated rings. The van der Waals surface area contributed by atoms with Crippen molar-refractivity contribution in [3.63, 3.8) is 0 Å². The Labute approximate surface area is 139 Å². The van der Waals surface area contributed by atoms with Crippen molar-refractivity contribution in [2.75, 3.05) is 0 Å². The van der Waals surface area contributed by atoms with Gasteiger partial charge in [0, 0.05) is 12.3 Å². The number of nitrogens with zero attached hydrogens (tertiary/aromatic N) is 3. The van der Waals surface area contributed by atoms with E-state index in [0.717, 1.165) is 0 Å². The lowest BCUT2D eigenvalue weighted by Crippen LogP contribution is -2.35. The number of carboxylic acids is 1. The fourth-order valence-electron chi connectivity index (χ4n) is 2.89. The van der Waals surface area contributed by atoms with Gasteiger partial charge >= 0.3 is 5.97 Å². The molecule has 0 radical (unpaired) electrons. The van der Waals surface area contributed by atoms with Crippen molar-refractivity contribution in [3.8, 4) is 11.4 Å². The molecule has 0 spiro atoms. The van der Waals surface area contributed by atoms with Gasteiger partial charge in [0.1, 0.15) is 11.3 Å². The van der Waals surface area contributed by atoms with Gasteiger partial charge in [-0.1, -0.05) is 20.8 Å². The van der Waals surface area contributed by atoms with E-state index in [4.69, 9.17) is 0 Å². The molecule has 3 rings (SSSR count). The van der Waals surface area contributed by atoms with Gasteiger partial charge in [0.2, 0.25) is 0 Å². The molecule has 1 atom stereocenters. The zero-order chi connectivity index (χ0) is 17.1. The summed E-state index contributed by atoms with van der Waals surface area (Å²) in [5, 5.41) is 13.3. The van der Waals surface area contributed by atoms with Gasteiger partial charge in [-0.3, -0.25) is 9.48 Å². The lowest BCUT2D eigenvalue weighted by atomic mass is 9.85. The second-order valence-corrected chi connectivity index (χ2v) is 7.42. The Bertz CT molecular complexity index is 879. The molecule has 0 amide bonds. The van der Waals surface area contributed by atoms with E-state index in [2.05, 4.69) is 21.0 Å². The van der Waals surface area contributed by atoms with Crippen LogP contribution in [0.1, 0.15) is 37.2 Å². The number of carboxylic acid groups (broad SMARTS) is 1. The molecule has 0 aliphatic carbocycles. The average molecular weight is 384 g/mol. The van der Waals surface area contributed by atoms with Crippen LogP contribution in [0, 0.1) is 11.2 Å². The molecular formula is C15H15BrFN3O3. The molecule has 0 saturated carbocycles. The van der Waals surface area contributed by atoms with Crippen LogP contribution >= 0.6 is 15.9 Å². The predicted octanol–water partition coefficient (Wildman–Crippen LogP) is 2.91.